The van der Waals surface area contributed by atoms with Crippen molar-refractivity contribution in [2.45, 2.75) is 6.92 Å². The van der Waals surface area contributed by atoms with Crippen molar-refractivity contribution >= 4 is 23.5 Å². The fourth-order valence-electron chi connectivity index (χ4n) is 2.97. The molecule has 10 nitrogen and oxygen atoms in total. The summed E-state index contributed by atoms with van der Waals surface area (Å²) < 4.78 is 17.2. The largest absolute Gasteiger partial charge is 0.497 e. The summed E-state index contributed by atoms with van der Waals surface area (Å²) in [6.45, 7) is 1.27. The maximum absolute atomic E-state index is 12.5. The number of rotatable bonds is 10. The zero-order valence-corrected chi connectivity index (χ0v) is 19.2. The molecule has 0 saturated heterocycles. The highest BCUT2D eigenvalue weighted by Crippen LogP contribution is 2.21. The standard InChI is InChI=1S/C24H26N4O6/c1-4-33-24(31)23-20(14-28(26-23)18-10-6-5-7-11-18)34-16-22(30)27(2)15-21(29)25-17-9-8-12-19(13-17)32-3/h5-14H,4,15-16H2,1-3H3,(H,25,29). The normalized spacial score (nSPS) is 10.3. The van der Waals surface area contributed by atoms with Gasteiger partial charge in [-0.3, -0.25) is 9.59 Å². The molecule has 0 spiro atoms. The van der Waals surface area contributed by atoms with Crippen molar-refractivity contribution in [2.75, 3.05) is 39.2 Å². The maximum Gasteiger partial charge on any atom is 0.362 e. The number of hydrogen-bond acceptors (Lipinski definition) is 7. The van der Waals surface area contributed by atoms with Crippen LogP contribution < -0.4 is 14.8 Å². The van der Waals surface area contributed by atoms with Gasteiger partial charge in [0.05, 0.1) is 32.1 Å². The Morgan fingerprint density at radius 2 is 1.85 bits per heavy atom. The summed E-state index contributed by atoms with van der Waals surface area (Å²) in [5.41, 5.74) is 1.21. The molecule has 34 heavy (non-hydrogen) atoms. The van der Waals surface area contributed by atoms with Crippen molar-refractivity contribution in [1.82, 2.24) is 14.7 Å². The monoisotopic (exact) mass is 466 g/mol. The van der Waals surface area contributed by atoms with E-state index >= 15 is 0 Å². The predicted molar refractivity (Wildman–Crippen MR) is 124 cm³/mol. The summed E-state index contributed by atoms with van der Waals surface area (Å²) in [7, 11) is 3.01. The SMILES string of the molecule is CCOC(=O)c1nn(-c2ccccc2)cc1OCC(=O)N(C)CC(=O)Nc1cccc(OC)c1. The van der Waals surface area contributed by atoms with E-state index in [9.17, 15) is 14.4 Å². The Bertz CT molecular complexity index is 1150. The topological polar surface area (TPSA) is 112 Å². The van der Waals surface area contributed by atoms with E-state index in [1.54, 1.807) is 31.2 Å². The van der Waals surface area contributed by atoms with Crippen molar-refractivity contribution < 1.29 is 28.6 Å². The highest BCUT2D eigenvalue weighted by molar-refractivity contribution is 5.95. The number of carbonyl (C=O) groups is 3. The molecule has 1 N–H and O–H groups in total. The average Bonchev–Trinajstić information content (AvgIpc) is 3.27. The van der Waals surface area contributed by atoms with E-state index in [1.165, 1.54) is 29.9 Å². The average molecular weight is 466 g/mol. The third-order valence-electron chi connectivity index (χ3n) is 4.68. The fraction of sp³-hybridized carbons (Fsp3) is 0.250. The third-order valence-corrected chi connectivity index (χ3v) is 4.68. The summed E-state index contributed by atoms with van der Waals surface area (Å²) >= 11 is 0. The van der Waals surface area contributed by atoms with Crippen LogP contribution in [0, 0.1) is 0 Å². The van der Waals surface area contributed by atoms with E-state index in [0.29, 0.717) is 17.1 Å². The Balaban J connectivity index is 1.63. The highest BCUT2D eigenvalue weighted by atomic mass is 16.5. The molecular weight excluding hydrogens is 440 g/mol. The molecule has 0 bridgehead atoms. The first-order chi connectivity index (χ1) is 16.4. The van der Waals surface area contributed by atoms with Crippen molar-refractivity contribution in [3.8, 4) is 17.2 Å². The van der Waals surface area contributed by atoms with Gasteiger partial charge in [0.15, 0.2) is 12.4 Å². The van der Waals surface area contributed by atoms with Crippen LogP contribution in [0.15, 0.2) is 60.8 Å². The number of nitrogens with one attached hydrogen (secondary N) is 1. The maximum atomic E-state index is 12.5. The minimum absolute atomic E-state index is 0.0445. The number of carbonyl (C=O) groups excluding carboxylic acids is 3. The lowest BCUT2D eigenvalue weighted by atomic mass is 10.3. The Morgan fingerprint density at radius 3 is 2.56 bits per heavy atom. The van der Waals surface area contributed by atoms with Crippen LogP contribution in [0.25, 0.3) is 5.69 Å². The summed E-state index contributed by atoms with van der Waals surface area (Å²) in [6, 6.07) is 16.0. The van der Waals surface area contributed by atoms with E-state index in [1.807, 2.05) is 30.3 Å². The van der Waals surface area contributed by atoms with Crippen LogP contribution in [-0.2, 0) is 14.3 Å². The number of anilines is 1. The number of nitrogens with zero attached hydrogens (tertiary/aromatic N) is 3. The Hall–Kier alpha value is -4.34. The predicted octanol–water partition coefficient (Wildman–Crippen LogP) is 2.53. The molecule has 2 aromatic carbocycles. The minimum atomic E-state index is -0.661. The van der Waals surface area contributed by atoms with Gasteiger partial charge in [-0.1, -0.05) is 24.3 Å². The third kappa shape index (κ3) is 6.35. The summed E-state index contributed by atoms with van der Waals surface area (Å²) in [4.78, 5) is 38.4. The lowest BCUT2D eigenvalue weighted by Crippen LogP contribution is -2.37. The van der Waals surface area contributed by atoms with Crippen LogP contribution in [0.3, 0.4) is 0 Å². The Labute approximate surface area is 197 Å². The van der Waals surface area contributed by atoms with Gasteiger partial charge in [0.2, 0.25) is 11.6 Å². The van der Waals surface area contributed by atoms with Crippen LogP contribution in [-0.4, -0.2) is 66.4 Å². The number of amides is 2. The molecule has 0 fully saturated rings. The molecule has 1 aromatic heterocycles. The lowest BCUT2D eigenvalue weighted by Gasteiger charge is -2.17. The molecule has 3 aromatic rings. The van der Waals surface area contributed by atoms with Crippen LogP contribution >= 0.6 is 0 Å². The van der Waals surface area contributed by atoms with Gasteiger partial charge in [0.1, 0.15) is 5.75 Å². The van der Waals surface area contributed by atoms with Gasteiger partial charge in [-0.05, 0) is 31.2 Å². The smallest absolute Gasteiger partial charge is 0.362 e. The van der Waals surface area contributed by atoms with Gasteiger partial charge >= 0.3 is 5.97 Å². The van der Waals surface area contributed by atoms with Gasteiger partial charge < -0.3 is 24.4 Å². The molecule has 0 unspecified atom stereocenters. The first-order valence-electron chi connectivity index (χ1n) is 10.5. The molecule has 2 amide bonds. The van der Waals surface area contributed by atoms with Crippen molar-refractivity contribution in [1.29, 1.82) is 0 Å². The number of para-hydroxylation sites is 1. The van der Waals surface area contributed by atoms with Crippen molar-refractivity contribution in [3.05, 3.63) is 66.5 Å². The van der Waals surface area contributed by atoms with E-state index < -0.39 is 18.5 Å². The number of esters is 1. The number of ether oxygens (including phenoxy) is 3. The van der Waals surface area contributed by atoms with Crippen LogP contribution in [0.5, 0.6) is 11.5 Å². The number of methoxy groups -OCH3 is 1. The molecule has 178 valence electrons. The van der Waals surface area contributed by atoms with Crippen molar-refractivity contribution in [3.63, 3.8) is 0 Å². The molecule has 0 aliphatic heterocycles. The van der Waals surface area contributed by atoms with Gasteiger partial charge in [-0.15, -0.1) is 0 Å². The van der Waals surface area contributed by atoms with Gasteiger partial charge in [0, 0.05) is 18.8 Å². The first-order valence-corrected chi connectivity index (χ1v) is 10.5. The van der Waals surface area contributed by atoms with E-state index in [0.717, 1.165) is 0 Å². The van der Waals surface area contributed by atoms with Crippen molar-refractivity contribution in [2.24, 2.45) is 0 Å². The van der Waals surface area contributed by atoms with Crippen LogP contribution in [0.2, 0.25) is 0 Å². The number of hydrogen-bond donors (Lipinski definition) is 1. The molecule has 0 saturated carbocycles. The number of aromatic nitrogens is 2. The molecule has 0 atom stereocenters. The van der Waals surface area contributed by atoms with E-state index in [4.69, 9.17) is 14.2 Å². The summed E-state index contributed by atoms with van der Waals surface area (Å²) in [5, 5.41) is 6.96. The minimum Gasteiger partial charge on any atom is -0.497 e. The molecule has 0 aliphatic rings. The number of benzene rings is 2. The molecule has 3 rings (SSSR count). The first kappa shape index (κ1) is 24.3. The second kappa shape index (κ2) is 11.5. The zero-order valence-electron chi connectivity index (χ0n) is 19.2. The fourth-order valence-corrected chi connectivity index (χ4v) is 2.97. The van der Waals surface area contributed by atoms with Gasteiger partial charge in [-0.2, -0.15) is 5.10 Å². The molecule has 10 heteroatoms. The highest BCUT2D eigenvalue weighted by Gasteiger charge is 2.22. The Kier molecular flexibility index (Phi) is 8.22. The number of likely N-dealkylation sites (N-methyl/N-ethyl adjacent to an activating group) is 1. The second-order valence-corrected chi connectivity index (χ2v) is 7.16. The second-order valence-electron chi connectivity index (χ2n) is 7.16. The lowest BCUT2D eigenvalue weighted by molar-refractivity contribution is -0.135. The van der Waals surface area contributed by atoms with Crippen LogP contribution in [0.4, 0.5) is 5.69 Å². The molecular formula is C24H26N4O6. The molecule has 1 heterocycles. The van der Waals surface area contributed by atoms with Gasteiger partial charge in [0.25, 0.3) is 5.91 Å². The summed E-state index contributed by atoms with van der Waals surface area (Å²) in [5.74, 6) is -0.795. The zero-order chi connectivity index (χ0) is 24.5. The molecule has 0 radical (unpaired) electrons. The molecule has 0 aliphatic carbocycles. The van der Waals surface area contributed by atoms with Gasteiger partial charge in [-0.25, -0.2) is 9.48 Å². The summed E-state index contributed by atoms with van der Waals surface area (Å²) in [6.07, 6.45) is 1.50. The van der Waals surface area contributed by atoms with Crippen LogP contribution in [0.1, 0.15) is 17.4 Å². The van der Waals surface area contributed by atoms with E-state index in [-0.39, 0.29) is 30.5 Å². The van der Waals surface area contributed by atoms with E-state index in [2.05, 4.69) is 10.4 Å². The Morgan fingerprint density at radius 1 is 1.09 bits per heavy atom. The quantitative estimate of drug-likeness (QED) is 0.457.